The molecular weight excluding hydrogens is 352 g/mol. The van der Waals surface area contributed by atoms with Gasteiger partial charge in [-0.2, -0.15) is 0 Å². The molecule has 0 spiro atoms. The molecule has 4 heteroatoms. The first kappa shape index (κ1) is 20.2. The second-order valence-corrected chi connectivity index (χ2v) is 11.1. The zero-order valence-electron chi connectivity index (χ0n) is 18.1. The van der Waals surface area contributed by atoms with E-state index in [2.05, 4.69) is 0 Å². The maximum absolute atomic E-state index is 13.3. The van der Waals surface area contributed by atoms with Gasteiger partial charge < -0.3 is 9.47 Å². The summed E-state index contributed by atoms with van der Waals surface area (Å²) in [5, 5.41) is 0. The Morgan fingerprint density at radius 1 is 0.929 bits per heavy atom. The van der Waals surface area contributed by atoms with Gasteiger partial charge in [-0.25, -0.2) is 0 Å². The minimum absolute atomic E-state index is 0.00218. The second-order valence-electron chi connectivity index (χ2n) is 11.1. The van der Waals surface area contributed by atoms with E-state index in [-0.39, 0.29) is 24.0 Å². The van der Waals surface area contributed by atoms with Crippen molar-refractivity contribution in [3.63, 3.8) is 0 Å². The molecule has 4 nitrogen and oxygen atoms in total. The van der Waals surface area contributed by atoms with Crippen LogP contribution in [0.4, 0.5) is 0 Å². The van der Waals surface area contributed by atoms with Gasteiger partial charge in [0.25, 0.3) is 0 Å². The van der Waals surface area contributed by atoms with Gasteiger partial charge in [0.05, 0.1) is 10.8 Å². The maximum atomic E-state index is 13.3. The smallest absolute Gasteiger partial charge is 0.312 e. The van der Waals surface area contributed by atoms with E-state index in [0.29, 0.717) is 0 Å². The lowest BCUT2D eigenvalue weighted by Gasteiger charge is -2.55. The minimum Gasteiger partial charge on any atom is -0.461 e. The number of ether oxygens (including phenoxy) is 2. The summed E-state index contributed by atoms with van der Waals surface area (Å²) >= 11 is 0. The highest BCUT2D eigenvalue weighted by atomic mass is 16.6. The van der Waals surface area contributed by atoms with Crippen LogP contribution in [-0.2, 0) is 19.1 Å². The van der Waals surface area contributed by atoms with Crippen LogP contribution in [0.5, 0.6) is 0 Å². The normalized spacial score (nSPS) is 36.2. The highest BCUT2D eigenvalue weighted by Gasteiger charge is 2.56. The largest absolute Gasteiger partial charge is 0.461 e. The lowest BCUT2D eigenvalue weighted by molar-refractivity contribution is -0.194. The predicted molar refractivity (Wildman–Crippen MR) is 108 cm³/mol. The predicted octanol–water partition coefficient (Wildman–Crippen LogP) is 5.43. The summed E-state index contributed by atoms with van der Waals surface area (Å²) in [5.41, 5.74) is -1.34. The van der Waals surface area contributed by atoms with Crippen LogP contribution in [0, 0.1) is 28.6 Å². The fourth-order valence-corrected chi connectivity index (χ4v) is 6.66. The lowest BCUT2D eigenvalue weighted by Crippen LogP contribution is -2.52. The molecule has 5 fully saturated rings. The van der Waals surface area contributed by atoms with E-state index in [1.54, 1.807) is 0 Å². The summed E-state index contributed by atoms with van der Waals surface area (Å²) in [6.07, 6.45) is 12.6. The Kier molecular flexibility index (Phi) is 5.29. The molecule has 0 aromatic carbocycles. The van der Waals surface area contributed by atoms with Crippen molar-refractivity contribution in [3.05, 3.63) is 0 Å². The highest BCUT2D eigenvalue weighted by molar-refractivity contribution is 5.78. The zero-order valence-corrected chi connectivity index (χ0v) is 18.1. The summed E-state index contributed by atoms with van der Waals surface area (Å²) < 4.78 is 12.1. The number of rotatable bonds is 6. The molecule has 0 amide bonds. The topological polar surface area (TPSA) is 52.6 Å². The van der Waals surface area contributed by atoms with Crippen LogP contribution in [0.15, 0.2) is 0 Å². The first-order chi connectivity index (χ1) is 13.3. The first-order valence-corrected chi connectivity index (χ1v) is 11.7. The molecule has 0 heterocycles. The third-order valence-electron chi connectivity index (χ3n) is 8.45. The Labute approximate surface area is 170 Å². The van der Waals surface area contributed by atoms with Gasteiger partial charge in [-0.05, 0) is 102 Å². The molecule has 5 aliphatic rings. The molecule has 28 heavy (non-hydrogen) atoms. The van der Waals surface area contributed by atoms with Gasteiger partial charge in [0.1, 0.15) is 12.2 Å². The summed E-state index contributed by atoms with van der Waals surface area (Å²) in [6, 6.07) is 0. The first-order valence-electron chi connectivity index (χ1n) is 11.7. The van der Waals surface area contributed by atoms with Gasteiger partial charge in [-0.15, -0.1) is 0 Å². The summed E-state index contributed by atoms with van der Waals surface area (Å²) in [5.74, 6) is 2.03. The minimum atomic E-state index is -0.611. The highest BCUT2D eigenvalue weighted by Crippen LogP contribution is 2.60. The quantitative estimate of drug-likeness (QED) is 0.568. The fraction of sp³-hybridized carbons (Fsp3) is 0.917. The molecule has 0 aromatic heterocycles. The molecule has 0 aromatic rings. The second kappa shape index (κ2) is 7.32. The van der Waals surface area contributed by atoms with Crippen LogP contribution in [-0.4, -0.2) is 24.1 Å². The Morgan fingerprint density at radius 2 is 1.46 bits per heavy atom. The fourth-order valence-electron chi connectivity index (χ4n) is 6.66. The van der Waals surface area contributed by atoms with Gasteiger partial charge in [0.15, 0.2) is 0 Å². The molecule has 0 radical (unpaired) electrons. The van der Waals surface area contributed by atoms with Gasteiger partial charge >= 0.3 is 11.9 Å². The van der Waals surface area contributed by atoms with E-state index in [9.17, 15) is 9.59 Å². The van der Waals surface area contributed by atoms with E-state index in [1.807, 2.05) is 20.8 Å². The molecule has 4 bridgehead atoms. The third kappa shape index (κ3) is 3.73. The van der Waals surface area contributed by atoms with Crippen molar-refractivity contribution in [2.75, 3.05) is 6.61 Å². The number of hydrogen-bond donors (Lipinski definition) is 0. The average molecular weight is 391 g/mol. The third-order valence-corrected chi connectivity index (χ3v) is 8.45. The van der Waals surface area contributed by atoms with Crippen LogP contribution < -0.4 is 0 Å². The molecule has 0 saturated heterocycles. The molecular formula is C24H38O4. The molecule has 5 saturated carbocycles. The van der Waals surface area contributed by atoms with Crippen LogP contribution in [0.3, 0.4) is 0 Å². The van der Waals surface area contributed by atoms with Crippen molar-refractivity contribution in [1.29, 1.82) is 0 Å². The SMILES string of the molecule is CCC(C)(C)C(=O)OC1(COC(=O)C23CC4CC(CC(C4)C2)C3)CCCCC1. The van der Waals surface area contributed by atoms with E-state index in [4.69, 9.17) is 9.47 Å². The van der Waals surface area contributed by atoms with Crippen molar-refractivity contribution in [3.8, 4) is 0 Å². The zero-order chi connectivity index (χ0) is 20.0. The average Bonchev–Trinajstić information content (AvgIpc) is 2.65. The van der Waals surface area contributed by atoms with Gasteiger partial charge in [-0.1, -0.05) is 13.3 Å². The molecule has 0 aliphatic heterocycles. The number of hydrogen-bond acceptors (Lipinski definition) is 4. The Balaban J connectivity index is 1.43. The molecule has 0 atom stereocenters. The molecule has 5 aliphatic carbocycles. The van der Waals surface area contributed by atoms with Crippen LogP contribution in [0.1, 0.15) is 97.8 Å². The van der Waals surface area contributed by atoms with Crippen molar-refractivity contribution >= 4 is 11.9 Å². The van der Waals surface area contributed by atoms with E-state index >= 15 is 0 Å². The van der Waals surface area contributed by atoms with Crippen LogP contribution in [0.25, 0.3) is 0 Å². The summed E-state index contributed by atoms with van der Waals surface area (Å²) in [6.45, 7) is 6.14. The molecule has 158 valence electrons. The van der Waals surface area contributed by atoms with Crippen molar-refractivity contribution in [1.82, 2.24) is 0 Å². The Hall–Kier alpha value is -1.06. The van der Waals surface area contributed by atoms with Crippen molar-refractivity contribution in [2.45, 2.75) is 103 Å². The van der Waals surface area contributed by atoms with Crippen LogP contribution >= 0.6 is 0 Å². The summed E-state index contributed by atoms with van der Waals surface area (Å²) in [7, 11) is 0. The van der Waals surface area contributed by atoms with Crippen molar-refractivity contribution < 1.29 is 19.1 Å². The van der Waals surface area contributed by atoms with E-state index in [0.717, 1.165) is 69.1 Å². The maximum Gasteiger partial charge on any atom is 0.312 e. The van der Waals surface area contributed by atoms with E-state index in [1.165, 1.54) is 25.7 Å². The molecule has 0 N–H and O–H groups in total. The number of carbonyl (C=O) groups excluding carboxylic acids is 2. The summed E-state index contributed by atoms with van der Waals surface area (Å²) in [4.78, 5) is 26.0. The van der Waals surface area contributed by atoms with Gasteiger partial charge in [0.2, 0.25) is 0 Å². The molecule has 5 rings (SSSR count). The van der Waals surface area contributed by atoms with Gasteiger partial charge in [0, 0.05) is 0 Å². The van der Waals surface area contributed by atoms with Crippen molar-refractivity contribution in [2.24, 2.45) is 28.6 Å². The lowest BCUT2D eigenvalue weighted by atomic mass is 9.49. The Bertz CT molecular complexity index is 579. The van der Waals surface area contributed by atoms with E-state index < -0.39 is 11.0 Å². The molecule has 0 unspecified atom stereocenters. The van der Waals surface area contributed by atoms with Gasteiger partial charge in [-0.3, -0.25) is 9.59 Å². The van der Waals surface area contributed by atoms with Crippen LogP contribution in [0.2, 0.25) is 0 Å². The standard InChI is InChI=1S/C24H38O4/c1-4-22(2,3)20(25)28-24(8-6-5-7-9-24)16-27-21(26)23-13-17-10-18(14-23)12-19(11-17)15-23/h17-19H,4-16H2,1-3H3. The Morgan fingerprint density at radius 3 is 1.96 bits per heavy atom. The number of carbonyl (C=O) groups is 2. The number of esters is 2. The monoisotopic (exact) mass is 390 g/mol.